The van der Waals surface area contributed by atoms with Gasteiger partial charge < -0.3 is 14.6 Å². The molecule has 0 bridgehead atoms. The summed E-state index contributed by atoms with van der Waals surface area (Å²) < 4.78 is 12.5. The summed E-state index contributed by atoms with van der Waals surface area (Å²) in [6, 6.07) is 7.23. The van der Waals surface area contributed by atoms with Gasteiger partial charge in [-0.2, -0.15) is 5.10 Å². The molecule has 1 aliphatic rings. The predicted octanol–water partition coefficient (Wildman–Crippen LogP) is 4.18. The number of amides is 1. The van der Waals surface area contributed by atoms with E-state index in [0.717, 1.165) is 32.6 Å². The lowest BCUT2D eigenvalue weighted by molar-refractivity contribution is 0.0601. The Hall–Kier alpha value is -2.64. The zero-order chi connectivity index (χ0) is 19.5. The van der Waals surface area contributed by atoms with Gasteiger partial charge in [-0.25, -0.2) is 0 Å². The third kappa shape index (κ3) is 3.95. The lowest BCUT2D eigenvalue weighted by atomic mass is 10.0. The molecule has 1 fully saturated rings. The predicted molar refractivity (Wildman–Crippen MR) is 105 cm³/mol. The average molecular weight is 401 g/mol. The Labute approximate surface area is 167 Å². The lowest BCUT2D eigenvalue weighted by Crippen LogP contribution is -2.20. The van der Waals surface area contributed by atoms with Crippen LogP contribution in [0.5, 0.6) is 0 Å². The molecule has 0 unspecified atom stereocenters. The van der Waals surface area contributed by atoms with Crippen LogP contribution in [0.3, 0.4) is 0 Å². The van der Waals surface area contributed by atoms with Crippen molar-refractivity contribution in [1.29, 1.82) is 0 Å². The highest BCUT2D eigenvalue weighted by Crippen LogP contribution is 2.31. The Kier molecular flexibility index (Phi) is 5.45. The molecule has 3 aromatic rings. The van der Waals surface area contributed by atoms with Crippen molar-refractivity contribution in [3.05, 3.63) is 53.0 Å². The number of halogens is 1. The van der Waals surface area contributed by atoms with Crippen LogP contribution < -0.4 is 5.32 Å². The highest BCUT2D eigenvalue weighted by atomic mass is 35.5. The van der Waals surface area contributed by atoms with Gasteiger partial charge in [0.2, 0.25) is 0 Å². The Morgan fingerprint density at radius 1 is 1.32 bits per heavy atom. The van der Waals surface area contributed by atoms with Gasteiger partial charge in [-0.15, -0.1) is 0 Å². The number of ether oxygens (including phenoxy) is 1. The average Bonchev–Trinajstić information content (AvgIpc) is 3.29. The number of aryl methyl sites for hydroxylation is 1. The first kappa shape index (κ1) is 18.7. The van der Waals surface area contributed by atoms with Crippen LogP contribution in [-0.4, -0.2) is 34.1 Å². The van der Waals surface area contributed by atoms with Crippen LogP contribution in [0.1, 0.15) is 29.0 Å². The molecule has 0 atom stereocenters. The number of hydrogen-bond donors (Lipinski definition) is 1. The summed E-state index contributed by atoms with van der Waals surface area (Å²) in [5.74, 6) is 0.672. The van der Waals surface area contributed by atoms with Gasteiger partial charge in [0.15, 0.2) is 0 Å². The van der Waals surface area contributed by atoms with E-state index < -0.39 is 0 Å². The van der Waals surface area contributed by atoms with Crippen molar-refractivity contribution >= 4 is 23.2 Å². The van der Waals surface area contributed by atoms with E-state index in [0.29, 0.717) is 39.2 Å². The number of carbonyl (C=O) groups is 1. The third-order valence-electron chi connectivity index (χ3n) is 4.90. The third-order valence-corrected chi connectivity index (χ3v) is 5.23. The molecule has 1 amide bonds. The van der Waals surface area contributed by atoms with Gasteiger partial charge in [-0.3, -0.25) is 9.48 Å². The summed E-state index contributed by atoms with van der Waals surface area (Å²) in [6.07, 6.45) is 5.55. The van der Waals surface area contributed by atoms with Crippen molar-refractivity contribution in [2.75, 3.05) is 18.5 Å². The Balaban J connectivity index is 1.50. The summed E-state index contributed by atoms with van der Waals surface area (Å²) in [6.45, 7) is 4.12. The van der Waals surface area contributed by atoms with Crippen LogP contribution in [0.15, 0.2) is 41.2 Å². The second-order valence-corrected chi connectivity index (χ2v) is 7.31. The first-order valence-electron chi connectivity index (χ1n) is 9.24. The molecular formula is C20H21ClN4O3. The molecule has 4 rings (SSSR count). The number of benzene rings is 1. The van der Waals surface area contributed by atoms with Gasteiger partial charge in [-0.05, 0) is 31.7 Å². The minimum absolute atomic E-state index is 0.306. The molecule has 146 valence electrons. The molecule has 0 saturated carbocycles. The molecule has 0 aliphatic carbocycles. The highest BCUT2D eigenvalue weighted by Gasteiger charge is 2.23. The smallest absolute Gasteiger partial charge is 0.261 e. The Morgan fingerprint density at radius 3 is 2.89 bits per heavy atom. The SMILES string of the molecule is Cc1onc(-c2ccccc2Cl)c1C(=O)Nc1cnn(CC2CCOCC2)c1. The van der Waals surface area contributed by atoms with Crippen LogP contribution in [0.2, 0.25) is 5.02 Å². The largest absolute Gasteiger partial charge is 0.381 e. The standard InChI is InChI=1S/C20H21ClN4O3/c1-13-18(19(24-28-13)16-4-2-3-5-17(16)21)20(26)23-15-10-22-25(12-15)11-14-6-8-27-9-7-14/h2-5,10,12,14H,6-9,11H2,1H3,(H,23,26). The van der Waals surface area contributed by atoms with Crippen molar-refractivity contribution in [3.8, 4) is 11.3 Å². The van der Waals surface area contributed by atoms with Gasteiger partial charge in [0.05, 0.1) is 16.9 Å². The lowest BCUT2D eigenvalue weighted by Gasteiger charge is -2.21. The minimum Gasteiger partial charge on any atom is -0.381 e. The zero-order valence-electron chi connectivity index (χ0n) is 15.5. The molecular weight excluding hydrogens is 380 g/mol. The maximum absolute atomic E-state index is 12.9. The van der Waals surface area contributed by atoms with E-state index in [1.807, 2.05) is 29.1 Å². The van der Waals surface area contributed by atoms with Crippen molar-refractivity contribution in [2.24, 2.45) is 5.92 Å². The van der Waals surface area contributed by atoms with Crippen molar-refractivity contribution in [1.82, 2.24) is 14.9 Å². The Bertz CT molecular complexity index is 975. The molecule has 1 N–H and O–H groups in total. The van der Waals surface area contributed by atoms with Gasteiger partial charge in [0.25, 0.3) is 5.91 Å². The van der Waals surface area contributed by atoms with Gasteiger partial charge in [-0.1, -0.05) is 35.0 Å². The summed E-state index contributed by atoms with van der Waals surface area (Å²) in [7, 11) is 0. The van der Waals surface area contributed by atoms with Crippen molar-refractivity contribution < 1.29 is 14.1 Å². The number of hydrogen-bond acceptors (Lipinski definition) is 5. The summed E-state index contributed by atoms with van der Waals surface area (Å²) >= 11 is 6.27. The molecule has 1 saturated heterocycles. The van der Waals surface area contributed by atoms with E-state index in [4.69, 9.17) is 20.9 Å². The van der Waals surface area contributed by atoms with Gasteiger partial charge >= 0.3 is 0 Å². The molecule has 3 heterocycles. The van der Waals surface area contributed by atoms with Crippen LogP contribution in [-0.2, 0) is 11.3 Å². The van der Waals surface area contributed by atoms with E-state index in [-0.39, 0.29) is 5.91 Å². The molecule has 28 heavy (non-hydrogen) atoms. The topological polar surface area (TPSA) is 82.2 Å². The molecule has 0 radical (unpaired) electrons. The van der Waals surface area contributed by atoms with Crippen LogP contribution in [0.25, 0.3) is 11.3 Å². The summed E-state index contributed by atoms with van der Waals surface area (Å²) in [5.41, 5.74) is 2.07. The normalized spacial score (nSPS) is 14.9. The molecule has 1 aliphatic heterocycles. The maximum atomic E-state index is 12.9. The fraction of sp³-hybridized carbons (Fsp3) is 0.350. The first-order valence-corrected chi connectivity index (χ1v) is 9.62. The molecule has 2 aromatic heterocycles. The van der Waals surface area contributed by atoms with Crippen LogP contribution in [0.4, 0.5) is 5.69 Å². The number of anilines is 1. The molecule has 0 spiro atoms. The van der Waals surface area contributed by atoms with Gasteiger partial charge in [0.1, 0.15) is 17.0 Å². The molecule has 1 aromatic carbocycles. The number of aromatic nitrogens is 3. The number of nitrogens with zero attached hydrogens (tertiary/aromatic N) is 3. The fourth-order valence-electron chi connectivity index (χ4n) is 3.39. The molecule has 8 heteroatoms. The minimum atomic E-state index is -0.306. The van der Waals surface area contributed by atoms with E-state index in [2.05, 4.69) is 15.6 Å². The first-order chi connectivity index (χ1) is 13.6. The van der Waals surface area contributed by atoms with E-state index in [1.54, 1.807) is 19.2 Å². The second-order valence-electron chi connectivity index (χ2n) is 6.90. The highest BCUT2D eigenvalue weighted by molar-refractivity contribution is 6.33. The van der Waals surface area contributed by atoms with Crippen LogP contribution >= 0.6 is 11.6 Å². The van der Waals surface area contributed by atoms with E-state index in [9.17, 15) is 4.79 Å². The van der Waals surface area contributed by atoms with E-state index >= 15 is 0 Å². The monoisotopic (exact) mass is 400 g/mol. The number of nitrogens with one attached hydrogen (secondary N) is 1. The number of rotatable bonds is 5. The second kappa shape index (κ2) is 8.16. The quantitative estimate of drug-likeness (QED) is 0.694. The van der Waals surface area contributed by atoms with Gasteiger partial charge in [0, 0.05) is 31.5 Å². The fourth-order valence-corrected chi connectivity index (χ4v) is 3.62. The maximum Gasteiger partial charge on any atom is 0.261 e. The van der Waals surface area contributed by atoms with Crippen molar-refractivity contribution in [3.63, 3.8) is 0 Å². The molecule has 7 nitrogen and oxygen atoms in total. The Morgan fingerprint density at radius 2 is 2.11 bits per heavy atom. The summed E-state index contributed by atoms with van der Waals surface area (Å²) in [5, 5.41) is 11.8. The van der Waals surface area contributed by atoms with Crippen molar-refractivity contribution in [2.45, 2.75) is 26.3 Å². The van der Waals surface area contributed by atoms with Crippen LogP contribution in [0, 0.1) is 12.8 Å². The zero-order valence-corrected chi connectivity index (χ0v) is 16.3. The number of carbonyl (C=O) groups excluding carboxylic acids is 1. The van der Waals surface area contributed by atoms with E-state index in [1.165, 1.54) is 0 Å². The summed E-state index contributed by atoms with van der Waals surface area (Å²) in [4.78, 5) is 12.9.